The Bertz CT molecular complexity index is 4660. The monoisotopic (exact) mass is 1480 g/mol. The molecule has 1 aromatic heterocycles. The number of carbonyl (C=O) groups excluding carboxylic acids is 12. The number of primary amides is 4. The van der Waals surface area contributed by atoms with Crippen LogP contribution in [0.5, 0.6) is 0 Å². The average Bonchev–Trinajstić information content (AvgIpc) is 0.908. The zero-order valence-electron chi connectivity index (χ0n) is 53.1. The molecule has 0 saturated heterocycles. The van der Waals surface area contributed by atoms with Crippen LogP contribution in [0.3, 0.4) is 0 Å². The molecule has 101 heavy (non-hydrogen) atoms. The molecule has 10 rings (SSSR count). The number of ketones is 4. The molecule has 0 radical (unpaired) electrons. The number of Topliss-reactive ketones (excluding diaryl/α,β-unsaturated/α-hetero) is 4. The molecule has 0 spiro atoms. The molecule has 0 bridgehead atoms. The highest BCUT2D eigenvalue weighted by molar-refractivity contribution is 9.10. The highest BCUT2D eigenvalue weighted by Gasteiger charge is 2.31. The molecule has 22 nitrogen and oxygen atoms in total. The van der Waals surface area contributed by atoms with E-state index in [0.717, 1.165) is 51.0 Å². The molecule has 27 heteroatoms. The lowest BCUT2D eigenvalue weighted by molar-refractivity contribution is -0.137. The Kier molecular flexibility index (Phi) is 28.7. The highest BCUT2D eigenvalue weighted by Crippen LogP contribution is 2.27. The number of hydrogen-bond donors (Lipinski definition) is 8. The normalized spacial score (nSPS) is 11.6. The summed E-state index contributed by atoms with van der Waals surface area (Å²) >= 11 is 16.4. The van der Waals surface area contributed by atoms with Crippen molar-refractivity contribution in [2.75, 3.05) is 0 Å². The Morgan fingerprint density at radius 1 is 0.406 bits per heavy atom. The van der Waals surface area contributed by atoms with Crippen LogP contribution in [0.25, 0.3) is 22.0 Å². The summed E-state index contributed by atoms with van der Waals surface area (Å²) in [6.07, 6.45) is 0.562. The fourth-order valence-electron chi connectivity index (χ4n) is 9.76. The largest absolute Gasteiger partial charge is 0.363 e. The molecular weight excluding hydrogens is 1420 g/mol. The molecule has 0 aliphatic heterocycles. The van der Waals surface area contributed by atoms with Crippen LogP contribution in [-0.4, -0.2) is 103 Å². The number of fused-ring (bicyclic) bond motifs is 1. The molecule has 8 amide bonds. The summed E-state index contributed by atoms with van der Waals surface area (Å²) in [5.41, 5.74) is 25.3. The first kappa shape index (κ1) is 76.6. The number of hydrogen-bond acceptors (Lipinski definition) is 15. The van der Waals surface area contributed by atoms with Gasteiger partial charge in [0.05, 0.1) is 32.9 Å². The molecule has 0 aliphatic carbocycles. The van der Waals surface area contributed by atoms with Crippen molar-refractivity contribution in [1.82, 2.24) is 30.0 Å². The van der Waals surface area contributed by atoms with Gasteiger partial charge >= 0.3 is 0 Å². The third kappa shape index (κ3) is 22.9. The topological polar surface area (TPSA) is 383 Å². The van der Waals surface area contributed by atoms with Crippen LogP contribution in [0.1, 0.15) is 63.8 Å². The molecule has 3 unspecified atom stereocenters. The van der Waals surface area contributed by atoms with E-state index in [1.54, 1.807) is 121 Å². The van der Waals surface area contributed by atoms with Gasteiger partial charge in [-0.05, 0) is 75.5 Å². The average molecular weight is 1490 g/mol. The lowest BCUT2D eigenvalue weighted by Gasteiger charge is -2.18. The van der Waals surface area contributed by atoms with Crippen molar-refractivity contribution < 1.29 is 61.9 Å². The standard InChI is InChI=1S/C21H17ClN2O3.C19H16N4O3S.C17H14BrClN2O3.C17H15FN2O3/c22-16-11-10-14-8-4-5-9-15(14)18(16)21(27)24-17(19(25)20(23)26)12-13-6-2-1-3-7-13;20-18(25)17(24)14(11-12-7-3-1-4-8-12)21-19(26)16-15(22-27-23-16)13-9-5-2-6-10-13;18-11-6-7-13(19)12(9-11)17(24)21-14(15(22)16(20)23)8-10-4-2-1-3-5-10;18-13-8-4-7-12(10-13)17(23)20-14(15(21)16(19)22)9-11-5-2-1-3-6-11/h1-11,17H,12H2,(H2,23,26)(H,24,27);1-10,14H,11H2,(H2,20,25)(H,21,26);1-7,9,14H,8H2,(H2,20,23)(H,21,24);1-8,10,14H,9H2,(H2,19,22)(H,20,23)/t;;14-;/m..0./s1. The Labute approximate surface area is 599 Å². The van der Waals surface area contributed by atoms with Crippen LogP contribution in [-0.2, 0) is 64.0 Å². The molecule has 10 aromatic rings. The quantitative estimate of drug-likeness (QED) is 0.0250. The fourth-order valence-corrected chi connectivity index (χ4v) is 11.1. The van der Waals surface area contributed by atoms with E-state index < -0.39 is 100 Å². The lowest BCUT2D eigenvalue weighted by atomic mass is 10.00. The summed E-state index contributed by atoms with van der Waals surface area (Å²) < 4.78 is 22.1. The highest BCUT2D eigenvalue weighted by atomic mass is 79.9. The third-order valence-electron chi connectivity index (χ3n) is 14.7. The maximum absolute atomic E-state index is 13.2. The van der Waals surface area contributed by atoms with Gasteiger partial charge in [0, 0.05) is 41.3 Å². The van der Waals surface area contributed by atoms with Crippen molar-refractivity contribution >= 4 is 132 Å². The van der Waals surface area contributed by atoms with Crippen LogP contribution in [0.2, 0.25) is 10.0 Å². The molecule has 12 N–H and O–H groups in total. The summed E-state index contributed by atoms with van der Waals surface area (Å²) in [5.74, 6) is -10.8. The minimum Gasteiger partial charge on any atom is -0.363 e. The second kappa shape index (κ2) is 37.8. The number of nitrogens with one attached hydrogen (secondary N) is 4. The summed E-state index contributed by atoms with van der Waals surface area (Å²) in [7, 11) is 0. The van der Waals surface area contributed by atoms with Gasteiger partial charge in [0.2, 0.25) is 23.1 Å². The van der Waals surface area contributed by atoms with Gasteiger partial charge in [-0.15, -0.1) is 0 Å². The van der Waals surface area contributed by atoms with E-state index in [4.69, 9.17) is 46.1 Å². The van der Waals surface area contributed by atoms with Crippen LogP contribution < -0.4 is 44.2 Å². The minimum atomic E-state index is -1.13. The smallest absolute Gasteiger partial charge is 0.287 e. The van der Waals surface area contributed by atoms with Crippen molar-refractivity contribution in [2.45, 2.75) is 49.9 Å². The van der Waals surface area contributed by atoms with Crippen molar-refractivity contribution in [2.24, 2.45) is 22.9 Å². The van der Waals surface area contributed by atoms with Crippen LogP contribution in [0, 0.1) is 5.82 Å². The van der Waals surface area contributed by atoms with Crippen molar-refractivity contribution in [3.05, 3.63) is 295 Å². The number of rotatable bonds is 25. The predicted molar refractivity (Wildman–Crippen MR) is 382 cm³/mol. The number of benzene rings is 9. The van der Waals surface area contributed by atoms with Gasteiger partial charge in [-0.3, -0.25) is 57.5 Å². The molecule has 514 valence electrons. The number of carbonyl (C=O) groups is 12. The van der Waals surface area contributed by atoms with E-state index in [1.807, 2.05) is 78.9 Å². The van der Waals surface area contributed by atoms with Gasteiger partial charge in [0.1, 0.15) is 35.7 Å². The van der Waals surface area contributed by atoms with Gasteiger partial charge in [-0.2, -0.15) is 8.75 Å². The molecule has 4 atom stereocenters. The Hall–Kier alpha value is -11.8. The molecule has 0 aliphatic rings. The number of aromatic nitrogens is 2. The van der Waals surface area contributed by atoms with Crippen molar-refractivity contribution in [1.29, 1.82) is 0 Å². The number of nitrogens with zero attached hydrogens (tertiary/aromatic N) is 2. The predicted octanol–water partition coefficient (Wildman–Crippen LogP) is 8.21. The van der Waals surface area contributed by atoms with Gasteiger partial charge < -0.3 is 44.2 Å². The zero-order valence-corrected chi connectivity index (χ0v) is 57.0. The van der Waals surface area contributed by atoms with Gasteiger partial charge in [0.25, 0.3) is 47.3 Å². The summed E-state index contributed by atoms with van der Waals surface area (Å²) in [5, 5.41) is 12.2. The first-order valence-electron chi connectivity index (χ1n) is 30.4. The maximum Gasteiger partial charge on any atom is 0.287 e. The molecule has 0 fully saturated rings. The minimum absolute atomic E-state index is 0.0559. The van der Waals surface area contributed by atoms with Crippen LogP contribution in [0.15, 0.2) is 235 Å². The molecule has 9 aromatic carbocycles. The first-order valence-corrected chi connectivity index (χ1v) is 32.7. The SMILES string of the molecule is NC(=O)C(=O)C(Cc1ccccc1)NC(=O)c1c(Cl)ccc2ccccc12.NC(=O)C(=O)C(Cc1ccccc1)NC(=O)c1cccc(F)c1.NC(=O)C(=O)C(Cc1ccccc1)NC(=O)c1nsnc1-c1ccccc1.NC(=O)C(=O)[C@H](Cc1ccccc1)NC(=O)c1cc(Br)ccc1Cl. The molecule has 0 saturated carbocycles. The van der Waals surface area contributed by atoms with E-state index in [9.17, 15) is 61.9 Å². The summed E-state index contributed by atoms with van der Waals surface area (Å²) in [6, 6.07) is 61.3. The number of halogens is 4. The first-order chi connectivity index (χ1) is 48.4. The Morgan fingerprint density at radius 3 is 1.23 bits per heavy atom. The third-order valence-corrected chi connectivity index (χ3v) is 16.4. The lowest BCUT2D eigenvalue weighted by Crippen LogP contribution is -2.47. The van der Waals surface area contributed by atoms with Gasteiger partial charge in [-0.1, -0.05) is 227 Å². The van der Waals surface area contributed by atoms with E-state index in [2.05, 4.69) is 45.9 Å². The second-order valence-corrected chi connectivity index (χ2v) is 24.1. The van der Waals surface area contributed by atoms with Crippen LogP contribution >= 0.6 is 50.9 Å². The van der Waals surface area contributed by atoms with Gasteiger partial charge in [0.15, 0.2) is 5.69 Å². The van der Waals surface area contributed by atoms with Crippen LogP contribution in [0.4, 0.5) is 4.39 Å². The maximum atomic E-state index is 13.2. The van der Waals surface area contributed by atoms with E-state index in [-0.39, 0.29) is 58.1 Å². The van der Waals surface area contributed by atoms with E-state index in [0.29, 0.717) is 15.6 Å². The van der Waals surface area contributed by atoms with Gasteiger partial charge in [-0.25, -0.2) is 4.39 Å². The summed E-state index contributed by atoms with van der Waals surface area (Å²) in [4.78, 5) is 144. The van der Waals surface area contributed by atoms with Crippen molar-refractivity contribution in [3.63, 3.8) is 0 Å². The number of nitrogens with two attached hydrogens (primary N) is 4. The molecule has 1 heterocycles. The Balaban J connectivity index is 0.000000189. The van der Waals surface area contributed by atoms with E-state index in [1.165, 1.54) is 24.3 Å². The van der Waals surface area contributed by atoms with E-state index >= 15 is 0 Å². The second-order valence-electron chi connectivity index (χ2n) is 21.9. The summed E-state index contributed by atoms with van der Waals surface area (Å²) in [6.45, 7) is 0. The zero-order chi connectivity index (χ0) is 73.1. The fraction of sp³-hybridized carbons (Fsp3) is 0.108. The Morgan fingerprint density at radius 2 is 0.792 bits per heavy atom. The van der Waals surface area contributed by atoms with Crippen molar-refractivity contribution in [3.8, 4) is 11.3 Å². The molecular formula is C74H62BrCl2FN10O12S. The number of amides is 8.